The molecule has 2 fully saturated rings. The van der Waals surface area contributed by atoms with E-state index in [0.29, 0.717) is 6.54 Å². The minimum absolute atomic E-state index is 0.126. The Morgan fingerprint density at radius 3 is 2.81 bits per heavy atom. The number of carbonyl (C=O) groups is 1. The fraction of sp³-hybridized carbons (Fsp3) is 0.562. The third kappa shape index (κ3) is 3.00. The summed E-state index contributed by atoms with van der Waals surface area (Å²) in [6, 6.07) is 8.02. The molecule has 0 bridgehead atoms. The van der Waals surface area contributed by atoms with E-state index >= 15 is 0 Å². The van der Waals surface area contributed by atoms with Crippen molar-refractivity contribution in [3.05, 3.63) is 34.3 Å². The van der Waals surface area contributed by atoms with Crippen molar-refractivity contribution in [2.24, 2.45) is 0 Å². The lowest BCUT2D eigenvalue weighted by atomic mass is 9.84. The predicted molar refractivity (Wildman–Crippen MR) is 83.2 cm³/mol. The van der Waals surface area contributed by atoms with Crippen LogP contribution in [-0.4, -0.2) is 29.8 Å². The first-order valence-corrected chi connectivity index (χ1v) is 8.20. The molecule has 114 valence electrons. The highest BCUT2D eigenvalue weighted by Gasteiger charge is 2.51. The van der Waals surface area contributed by atoms with E-state index in [1.165, 1.54) is 12.8 Å². The van der Waals surface area contributed by atoms with Crippen LogP contribution in [0.25, 0.3) is 0 Å². The van der Waals surface area contributed by atoms with Crippen molar-refractivity contribution in [1.29, 1.82) is 0 Å². The second kappa shape index (κ2) is 5.71. The summed E-state index contributed by atoms with van der Waals surface area (Å²) in [6.45, 7) is 0.418. The first-order chi connectivity index (χ1) is 10.0. The topological polar surface area (TPSA) is 58.6 Å². The quantitative estimate of drug-likeness (QED) is 0.873. The van der Waals surface area contributed by atoms with Gasteiger partial charge in [0.15, 0.2) is 0 Å². The molecule has 1 saturated carbocycles. The molecule has 1 aliphatic heterocycles. The molecular weight excluding hydrogens is 334 g/mol. The maximum absolute atomic E-state index is 11.0. The maximum Gasteiger partial charge on any atom is 0.329 e. The van der Waals surface area contributed by atoms with E-state index in [1.54, 1.807) is 0 Å². The number of ether oxygens (including phenoxy) is 1. The lowest BCUT2D eigenvalue weighted by Gasteiger charge is -2.31. The van der Waals surface area contributed by atoms with Crippen LogP contribution in [0.3, 0.4) is 0 Å². The van der Waals surface area contributed by atoms with Crippen LogP contribution in [-0.2, 0) is 15.1 Å². The minimum atomic E-state index is -0.920. The Kier molecular flexibility index (Phi) is 4.08. The Balaban J connectivity index is 1.90. The largest absolute Gasteiger partial charge is 0.480 e. The van der Waals surface area contributed by atoms with Crippen LogP contribution >= 0.6 is 15.9 Å². The van der Waals surface area contributed by atoms with Gasteiger partial charge >= 0.3 is 5.97 Å². The van der Waals surface area contributed by atoms with Crippen LogP contribution in [0.2, 0.25) is 0 Å². The van der Waals surface area contributed by atoms with Gasteiger partial charge in [0.2, 0.25) is 0 Å². The number of rotatable bonds is 4. The molecule has 1 aromatic rings. The fourth-order valence-electron chi connectivity index (χ4n) is 3.77. The van der Waals surface area contributed by atoms with E-state index in [4.69, 9.17) is 9.84 Å². The average Bonchev–Trinajstić information content (AvgIpc) is 3.06. The molecule has 1 aliphatic carbocycles. The lowest BCUT2D eigenvalue weighted by molar-refractivity contribution is -0.149. The first-order valence-electron chi connectivity index (χ1n) is 7.41. The molecule has 5 heteroatoms. The number of aliphatic carboxylic acids is 1. The highest BCUT2D eigenvalue weighted by atomic mass is 79.9. The van der Waals surface area contributed by atoms with Crippen molar-refractivity contribution in [2.75, 3.05) is 13.2 Å². The third-order valence-corrected chi connectivity index (χ3v) is 5.25. The standard InChI is InChI=1S/C16H20BrNO3/c17-13-5-3-4-12(8-13)16(21-9-14(19)20)10-15(18-11-16)6-1-2-7-15/h3-5,8,18H,1-2,6-7,9-11H2,(H,19,20). The fourth-order valence-corrected chi connectivity index (χ4v) is 4.17. The van der Waals surface area contributed by atoms with Gasteiger partial charge in [-0.15, -0.1) is 0 Å². The summed E-state index contributed by atoms with van der Waals surface area (Å²) in [5.41, 5.74) is 0.641. The molecule has 1 heterocycles. The summed E-state index contributed by atoms with van der Waals surface area (Å²) in [5, 5.41) is 12.6. The van der Waals surface area contributed by atoms with Gasteiger partial charge in [-0.05, 0) is 30.5 Å². The second-order valence-electron chi connectivity index (χ2n) is 6.20. The monoisotopic (exact) mass is 353 g/mol. The lowest BCUT2D eigenvalue weighted by Crippen LogP contribution is -2.35. The number of nitrogens with one attached hydrogen (secondary N) is 1. The molecule has 1 atom stereocenters. The normalized spacial score (nSPS) is 27.3. The average molecular weight is 354 g/mol. The number of carboxylic acid groups (broad SMARTS) is 1. The van der Waals surface area contributed by atoms with Gasteiger partial charge in [0.25, 0.3) is 0 Å². The number of benzene rings is 1. The summed E-state index contributed by atoms with van der Waals surface area (Å²) < 4.78 is 6.89. The van der Waals surface area contributed by atoms with Gasteiger partial charge < -0.3 is 15.2 Å². The first kappa shape index (κ1) is 15.0. The molecule has 4 nitrogen and oxygen atoms in total. The number of halogens is 1. The Bertz CT molecular complexity index is 542. The molecule has 3 rings (SSSR count). The van der Waals surface area contributed by atoms with E-state index in [9.17, 15) is 4.79 Å². The van der Waals surface area contributed by atoms with Gasteiger partial charge in [0.1, 0.15) is 12.2 Å². The van der Waals surface area contributed by atoms with E-state index in [2.05, 4.69) is 21.2 Å². The Morgan fingerprint density at radius 2 is 2.14 bits per heavy atom. The molecule has 2 N–H and O–H groups in total. The van der Waals surface area contributed by atoms with Crippen LogP contribution < -0.4 is 5.32 Å². The molecule has 1 unspecified atom stereocenters. The SMILES string of the molecule is O=C(O)COC1(c2cccc(Br)c2)CNC2(CCCC2)C1. The molecule has 0 aromatic heterocycles. The van der Waals surface area contributed by atoms with Crippen molar-refractivity contribution in [3.8, 4) is 0 Å². The molecule has 21 heavy (non-hydrogen) atoms. The van der Waals surface area contributed by atoms with Crippen LogP contribution in [0.4, 0.5) is 0 Å². The smallest absolute Gasteiger partial charge is 0.329 e. The van der Waals surface area contributed by atoms with Gasteiger partial charge in [-0.1, -0.05) is 40.9 Å². The van der Waals surface area contributed by atoms with Gasteiger partial charge in [-0.25, -0.2) is 4.79 Å². The van der Waals surface area contributed by atoms with E-state index in [-0.39, 0.29) is 12.1 Å². The highest BCUT2D eigenvalue weighted by molar-refractivity contribution is 9.10. The van der Waals surface area contributed by atoms with Crippen LogP contribution in [0, 0.1) is 0 Å². The van der Waals surface area contributed by atoms with Crippen molar-refractivity contribution in [1.82, 2.24) is 5.32 Å². The van der Waals surface area contributed by atoms with Crippen molar-refractivity contribution < 1.29 is 14.6 Å². The van der Waals surface area contributed by atoms with E-state index < -0.39 is 11.6 Å². The third-order valence-electron chi connectivity index (χ3n) is 4.76. The molecule has 1 aromatic carbocycles. The van der Waals surface area contributed by atoms with E-state index in [1.807, 2.05) is 24.3 Å². The number of carboxylic acids is 1. The summed E-state index contributed by atoms with van der Waals surface area (Å²) in [6.07, 6.45) is 5.63. The summed E-state index contributed by atoms with van der Waals surface area (Å²) in [4.78, 5) is 11.0. The van der Waals surface area contributed by atoms with Crippen LogP contribution in [0.1, 0.15) is 37.7 Å². The van der Waals surface area contributed by atoms with Gasteiger partial charge in [-0.3, -0.25) is 0 Å². The Hall–Kier alpha value is -0.910. The molecule has 0 amide bonds. The van der Waals surface area contributed by atoms with Gasteiger partial charge in [0, 0.05) is 23.0 Å². The molecule has 0 radical (unpaired) electrons. The molecular formula is C16H20BrNO3. The van der Waals surface area contributed by atoms with Gasteiger partial charge in [-0.2, -0.15) is 0 Å². The Labute approximate surface area is 133 Å². The van der Waals surface area contributed by atoms with E-state index in [0.717, 1.165) is 29.3 Å². The maximum atomic E-state index is 11.0. The highest BCUT2D eigenvalue weighted by Crippen LogP contribution is 2.46. The summed E-state index contributed by atoms with van der Waals surface area (Å²) >= 11 is 3.50. The zero-order valence-corrected chi connectivity index (χ0v) is 13.5. The van der Waals surface area contributed by atoms with Crippen molar-refractivity contribution in [3.63, 3.8) is 0 Å². The zero-order valence-electron chi connectivity index (χ0n) is 11.9. The second-order valence-corrected chi connectivity index (χ2v) is 7.12. The zero-order chi connectivity index (χ0) is 14.9. The Morgan fingerprint density at radius 1 is 1.38 bits per heavy atom. The molecule has 1 saturated heterocycles. The number of hydrogen-bond acceptors (Lipinski definition) is 3. The van der Waals surface area contributed by atoms with Crippen molar-refractivity contribution in [2.45, 2.75) is 43.2 Å². The van der Waals surface area contributed by atoms with Crippen LogP contribution in [0.15, 0.2) is 28.7 Å². The molecule has 1 spiro atoms. The molecule has 2 aliphatic rings. The summed E-state index contributed by atoms with van der Waals surface area (Å²) in [7, 11) is 0. The summed E-state index contributed by atoms with van der Waals surface area (Å²) in [5.74, 6) is -0.920. The van der Waals surface area contributed by atoms with Crippen LogP contribution in [0.5, 0.6) is 0 Å². The van der Waals surface area contributed by atoms with Crippen molar-refractivity contribution >= 4 is 21.9 Å². The predicted octanol–water partition coefficient (Wildman–Crippen LogP) is 3.05. The van der Waals surface area contributed by atoms with Gasteiger partial charge in [0.05, 0.1) is 0 Å². The minimum Gasteiger partial charge on any atom is -0.480 e. The number of hydrogen-bond donors (Lipinski definition) is 2.